The molecule has 1 fully saturated rings. The van der Waals surface area contributed by atoms with E-state index in [-0.39, 0.29) is 6.04 Å². The van der Waals surface area contributed by atoms with Gasteiger partial charge in [-0.3, -0.25) is 0 Å². The highest BCUT2D eigenvalue weighted by Crippen LogP contribution is 2.52. The van der Waals surface area contributed by atoms with Crippen LogP contribution in [-0.4, -0.2) is 20.3 Å². The van der Waals surface area contributed by atoms with Gasteiger partial charge in [-0.15, -0.1) is 0 Å². The number of rotatable bonds is 1. The Kier molecular flexibility index (Phi) is 1.86. The van der Waals surface area contributed by atoms with E-state index in [4.69, 9.17) is 0 Å². The Bertz CT molecular complexity index is 614. The molecule has 0 radical (unpaired) electrons. The first-order valence-electron chi connectivity index (χ1n) is 6.52. The monoisotopic (exact) mass is 240 g/mol. The van der Waals surface area contributed by atoms with Crippen LogP contribution in [0, 0.1) is 5.92 Å². The number of nitrogens with zero attached hydrogens (tertiary/aromatic N) is 2. The first kappa shape index (κ1) is 10.3. The summed E-state index contributed by atoms with van der Waals surface area (Å²) in [7, 11) is 0. The minimum absolute atomic E-state index is 0.252. The molecular weight excluding hydrogens is 224 g/mol. The highest BCUT2D eigenvalue weighted by Gasteiger charge is 2.49. The number of aromatic nitrogens is 2. The molecular formula is C15H16N2O. The highest BCUT2D eigenvalue weighted by molar-refractivity contribution is 5.69. The summed E-state index contributed by atoms with van der Waals surface area (Å²) in [6, 6.07) is 8.73. The first-order chi connectivity index (χ1) is 8.68. The van der Waals surface area contributed by atoms with E-state index < -0.39 is 5.60 Å². The Labute approximate surface area is 106 Å². The third-order valence-corrected chi connectivity index (χ3v) is 4.66. The van der Waals surface area contributed by atoms with Gasteiger partial charge in [-0.25, -0.2) is 4.98 Å². The van der Waals surface area contributed by atoms with Crippen molar-refractivity contribution in [2.24, 2.45) is 5.92 Å². The molecule has 0 saturated heterocycles. The third-order valence-electron chi connectivity index (χ3n) is 4.66. The van der Waals surface area contributed by atoms with Crippen LogP contribution in [0.25, 0.3) is 11.3 Å². The quantitative estimate of drug-likeness (QED) is 0.832. The van der Waals surface area contributed by atoms with Gasteiger partial charge >= 0.3 is 0 Å². The van der Waals surface area contributed by atoms with E-state index in [0.717, 1.165) is 12.8 Å². The molecule has 0 spiro atoms. The van der Waals surface area contributed by atoms with Gasteiger partial charge in [0.25, 0.3) is 0 Å². The van der Waals surface area contributed by atoms with Crippen molar-refractivity contribution in [1.82, 2.24) is 9.55 Å². The van der Waals surface area contributed by atoms with Crippen molar-refractivity contribution in [3.05, 3.63) is 42.4 Å². The molecule has 1 aromatic heterocycles. The number of benzene rings is 1. The average molecular weight is 240 g/mol. The van der Waals surface area contributed by atoms with Crippen LogP contribution in [0.15, 0.2) is 36.8 Å². The Balaban J connectivity index is 1.90. The van der Waals surface area contributed by atoms with E-state index in [2.05, 4.69) is 33.8 Å². The average Bonchev–Trinajstić information content (AvgIpc) is 2.92. The topological polar surface area (TPSA) is 38.1 Å². The minimum atomic E-state index is -0.538. The zero-order valence-corrected chi connectivity index (χ0v) is 10.4. The lowest BCUT2D eigenvalue weighted by Crippen LogP contribution is -2.48. The lowest BCUT2D eigenvalue weighted by molar-refractivity contribution is -0.0924. The molecule has 4 rings (SSSR count). The van der Waals surface area contributed by atoms with Crippen molar-refractivity contribution in [3.8, 4) is 11.3 Å². The van der Waals surface area contributed by atoms with Crippen LogP contribution in [0.5, 0.6) is 0 Å². The van der Waals surface area contributed by atoms with Crippen molar-refractivity contribution in [3.63, 3.8) is 0 Å². The smallest absolute Gasteiger partial charge is 0.0956 e. The second-order valence-electron chi connectivity index (χ2n) is 5.72. The maximum atomic E-state index is 10.4. The summed E-state index contributed by atoms with van der Waals surface area (Å²) in [4.78, 5) is 4.26. The second kappa shape index (κ2) is 3.23. The Morgan fingerprint density at radius 2 is 2.22 bits per heavy atom. The molecule has 1 aliphatic heterocycles. The summed E-state index contributed by atoms with van der Waals surface area (Å²) >= 11 is 0. The van der Waals surface area contributed by atoms with Crippen LogP contribution in [-0.2, 0) is 0 Å². The molecule has 18 heavy (non-hydrogen) atoms. The van der Waals surface area contributed by atoms with Crippen molar-refractivity contribution in [2.45, 2.75) is 31.4 Å². The van der Waals surface area contributed by atoms with Crippen LogP contribution < -0.4 is 0 Å². The van der Waals surface area contributed by atoms with E-state index in [1.165, 1.54) is 16.8 Å². The third kappa shape index (κ3) is 1.15. The SMILES string of the molecule is CC1(O)CCC1C1c2ccccc2-c2cncn21. The normalized spacial score (nSPS) is 32.8. The fourth-order valence-electron chi connectivity index (χ4n) is 3.51. The van der Waals surface area contributed by atoms with Gasteiger partial charge in [0.15, 0.2) is 0 Å². The van der Waals surface area contributed by atoms with Gasteiger partial charge in [-0.1, -0.05) is 24.3 Å². The van der Waals surface area contributed by atoms with Crippen molar-refractivity contribution in [1.29, 1.82) is 0 Å². The summed E-state index contributed by atoms with van der Waals surface area (Å²) in [5.74, 6) is 0.300. The van der Waals surface area contributed by atoms with E-state index in [0.29, 0.717) is 5.92 Å². The summed E-state index contributed by atoms with van der Waals surface area (Å²) in [6.45, 7) is 1.96. The fraction of sp³-hybridized carbons (Fsp3) is 0.400. The molecule has 3 nitrogen and oxygen atoms in total. The van der Waals surface area contributed by atoms with Crippen LogP contribution >= 0.6 is 0 Å². The van der Waals surface area contributed by atoms with E-state index in [1.54, 1.807) is 0 Å². The first-order valence-corrected chi connectivity index (χ1v) is 6.52. The van der Waals surface area contributed by atoms with E-state index in [9.17, 15) is 5.11 Å². The number of imidazole rings is 1. The van der Waals surface area contributed by atoms with Gasteiger partial charge in [-0.05, 0) is 25.3 Å². The number of aliphatic hydroxyl groups is 1. The number of hydrogen-bond acceptors (Lipinski definition) is 2. The molecule has 1 aromatic carbocycles. The zero-order valence-electron chi connectivity index (χ0n) is 10.4. The van der Waals surface area contributed by atoms with Gasteiger partial charge in [0, 0.05) is 11.5 Å². The van der Waals surface area contributed by atoms with E-state index >= 15 is 0 Å². The standard InChI is InChI=1S/C15H16N2O/c1-15(18)7-6-12(15)14-11-5-3-2-4-10(11)13-8-16-9-17(13)14/h2-5,8-9,12,14,18H,6-7H2,1H3. The van der Waals surface area contributed by atoms with Crippen molar-refractivity contribution >= 4 is 0 Å². The molecule has 0 amide bonds. The van der Waals surface area contributed by atoms with Crippen LogP contribution in [0.2, 0.25) is 0 Å². The van der Waals surface area contributed by atoms with Crippen molar-refractivity contribution in [2.75, 3.05) is 0 Å². The summed E-state index contributed by atoms with van der Waals surface area (Å²) < 4.78 is 2.23. The Morgan fingerprint density at radius 1 is 1.39 bits per heavy atom. The predicted octanol–water partition coefficient (Wildman–Crippen LogP) is 2.61. The predicted molar refractivity (Wildman–Crippen MR) is 69.1 cm³/mol. The molecule has 92 valence electrons. The molecule has 3 atom stereocenters. The summed E-state index contributed by atoms with van der Waals surface area (Å²) in [6.07, 6.45) is 5.81. The van der Waals surface area contributed by atoms with Crippen LogP contribution in [0.1, 0.15) is 31.4 Å². The van der Waals surface area contributed by atoms with Crippen LogP contribution in [0.4, 0.5) is 0 Å². The molecule has 0 bridgehead atoms. The number of fused-ring (bicyclic) bond motifs is 3. The lowest BCUT2D eigenvalue weighted by Gasteiger charge is -2.46. The fourth-order valence-corrected chi connectivity index (χ4v) is 3.51. The van der Waals surface area contributed by atoms with Gasteiger partial charge in [0.05, 0.1) is 29.9 Å². The van der Waals surface area contributed by atoms with Crippen molar-refractivity contribution < 1.29 is 5.11 Å². The van der Waals surface area contributed by atoms with Gasteiger partial charge in [0.1, 0.15) is 0 Å². The summed E-state index contributed by atoms with van der Waals surface area (Å²) in [5, 5.41) is 10.4. The highest BCUT2D eigenvalue weighted by atomic mass is 16.3. The molecule has 3 unspecified atom stereocenters. The van der Waals surface area contributed by atoms with Gasteiger partial charge in [-0.2, -0.15) is 0 Å². The minimum Gasteiger partial charge on any atom is -0.390 e. The maximum Gasteiger partial charge on any atom is 0.0956 e. The molecule has 1 aliphatic carbocycles. The second-order valence-corrected chi connectivity index (χ2v) is 5.72. The molecule has 1 saturated carbocycles. The van der Waals surface area contributed by atoms with Gasteiger partial charge < -0.3 is 9.67 Å². The molecule has 3 heteroatoms. The lowest BCUT2D eigenvalue weighted by atomic mass is 9.65. The molecule has 2 aromatic rings. The Hall–Kier alpha value is -1.61. The molecule has 2 aliphatic rings. The molecule has 1 N–H and O–H groups in total. The number of hydrogen-bond donors (Lipinski definition) is 1. The van der Waals surface area contributed by atoms with E-state index in [1.807, 2.05) is 19.4 Å². The van der Waals surface area contributed by atoms with Crippen LogP contribution in [0.3, 0.4) is 0 Å². The maximum absolute atomic E-state index is 10.4. The zero-order chi connectivity index (χ0) is 12.3. The van der Waals surface area contributed by atoms with Gasteiger partial charge in [0.2, 0.25) is 0 Å². The Morgan fingerprint density at radius 3 is 2.94 bits per heavy atom. The molecule has 2 heterocycles. The largest absolute Gasteiger partial charge is 0.390 e. The summed E-state index contributed by atoms with van der Waals surface area (Å²) in [5.41, 5.74) is 3.24.